The molecule has 0 heterocycles. The summed E-state index contributed by atoms with van der Waals surface area (Å²) >= 11 is 0. The molecule has 5 nitrogen and oxygen atoms in total. The SMILES string of the molecule is CC(=O)CNC(=O)C1=C(O)c2cc(-c3ccc(F)cc3)ccc2C(C)(C)C1=O. The molecule has 28 heavy (non-hydrogen) atoms. The zero-order valence-corrected chi connectivity index (χ0v) is 15.8. The van der Waals surface area contributed by atoms with E-state index in [1.165, 1.54) is 19.1 Å². The lowest BCUT2D eigenvalue weighted by molar-refractivity contribution is -0.126. The molecule has 0 bridgehead atoms. The molecule has 0 spiro atoms. The van der Waals surface area contributed by atoms with Crippen molar-refractivity contribution in [1.82, 2.24) is 5.32 Å². The van der Waals surface area contributed by atoms with Crippen LogP contribution in [0.5, 0.6) is 0 Å². The quantitative estimate of drug-likeness (QED) is 0.796. The van der Waals surface area contributed by atoms with Crippen molar-refractivity contribution in [2.75, 3.05) is 6.54 Å². The van der Waals surface area contributed by atoms with Gasteiger partial charge in [0.05, 0.1) is 12.0 Å². The third-order valence-corrected chi connectivity index (χ3v) is 4.88. The molecule has 0 aromatic heterocycles. The lowest BCUT2D eigenvalue weighted by Crippen LogP contribution is -2.42. The van der Waals surface area contributed by atoms with Crippen LogP contribution < -0.4 is 5.32 Å². The largest absolute Gasteiger partial charge is 0.506 e. The number of hydrogen-bond acceptors (Lipinski definition) is 4. The average molecular weight is 381 g/mol. The predicted molar refractivity (Wildman–Crippen MR) is 103 cm³/mol. The maximum absolute atomic E-state index is 13.2. The van der Waals surface area contributed by atoms with E-state index in [9.17, 15) is 23.9 Å². The Labute approximate surface area is 161 Å². The number of Topliss-reactive ketones (excluding diaryl/α,β-unsaturated/α-hetero) is 2. The van der Waals surface area contributed by atoms with E-state index in [1.807, 2.05) is 0 Å². The third-order valence-electron chi connectivity index (χ3n) is 4.88. The Morgan fingerprint density at radius 1 is 1.07 bits per heavy atom. The lowest BCUT2D eigenvalue weighted by Gasteiger charge is -2.32. The molecule has 1 amide bonds. The summed E-state index contributed by atoms with van der Waals surface area (Å²) in [6, 6.07) is 11.1. The number of benzene rings is 2. The number of hydrogen-bond donors (Lipinski definition) is 2. The fourth-order valence-electron chi connectivity index (χ4n) is 3.29. The Hall–Kier alpha value is -3.28. The molecule has 1 aliphatic carbocycles. The Balaban J connectivity index is 2.13. The first-order chi connectivity index (χ1) is 13.1. The van der Waals surface area contributed by atoms with Crippen LogP contribution in [0.25, 0.3) is 16.9 Å². The molecule has 0 radical (unpaired) electrons. The average Bonchev–Trinajstić information content (AvgIpc) is 2.65. The molecule has 3 rings (SSSR count). The summed E-state index contributed by atoms with van der Waals surface area (Å²) < 4.78 is 13.2. The fraction of sp³-hybridized carbons (Fsp3) is 0.227. The van der Waals surface area contributed by atoms with Gasteiger partial charge in [-0.3, -0.25) is 14.4 Å². The number of aliphatic hydroxyl groups excluding tert-OH is 1. The molecule has 6 heteroatoms. The summed E-state index contributed by atoms with van der Waals surface area (Å²) in [6.45, 7) is 4.43. The maximum atomic E-state index is 13.2. The van der Waals surface area contributed by atoms with Crippen molar-refractivity contribution in [3.8, 4) is 11.1 Å². The highest BCUT2D eigenvalue weighted by Crippen LogP contribution is 2.41. The molecule has 0 saturated carbocycles. The van der Waals surface area contributed by atoms with Crippen LogP contribution in [-0.2, 0) is 19.8 Å². The number of rotatable bonds is 4. The number of fused-ring (bicyclic) bond motifs is 1. The Morgan fingerprint density at radius 2 is 1.68 bits per heavy atom. The van der Waals surface area contributed by atoms with Gasteiger partial charge in [-0.2, -0.15) is 0 Å². The molecule has 0 fully saturated rings. The van der Waals surface area contributed by atoms with Gasteiger partial charge in [-0.05, 0) is 55.7 Å². The van der Waals surface area contributed by atoms with E-state index in [4.69, 9.17) is 0 Å². The van der Waals surface area contributed by atoms with Gasteiger partial charge in [-0.1, -0.05) is 24.3 Å². The van der Waals surface area contributed by atoms with Crippen LogP contribution in [0.4, 0.5) is 4.39 Å². The van der Waals surface area contributed by atoms with Crippen LogP contribution in [0.2, 0.25) is 0 Å². The van der Waals surface area contributed by atoms with Crippen LogP contribution in [0.1, 0.15) is 31.9 Å². The van der Waals surface area contributed by atoms with E-state index >= 15 is 0 Å². The highest BCUT2D eigenvalue weighted by molar-refractivity contribution is 6.28. The van der Waals surface area contributed by atoms with Gasteiger partial charge in [0.25, 0.3) is 5.91 Å². The number of amides is 1. The minimum absolute atomic E-state index is 0.230. The van der Waals surface area contributed by atoms with Crippen LogP contribution >= 0.6 is 0 Å². The van der Waals surface area contributed by atoms with Gasteiger partial charge in [0, 0.05) is 5.56 Å². The van der Waals surface area contributed by atoms with Crippen LogP contribution in [0.15, 0.2) is 48.0 Å². The number of carbonyl (C=O) groups is 3. The van der Waals surface area contributed by atoms with E-state index in [0.29, 0.717) is 16.7 Å². The van der Waals surface area contributed by atoms with Gasteiger partial charge in [-0.15, -0.1) is 0 Å². The molecule has 1 aliphatic rings. The minimum atomic E-state index is -1.04. The van der Waals surface area contributed by atoms with Gasteiger partial charge >= 0.3 is 0 Å². The van der Waals surface area contributed by atoms with Crippen LogP contribution in [0.3, 0.4) is 0 Å². The Morgan fingerprint density at radius 3 is 2.29 bits per heavy atom. The van der Waals surface area contributed by atoms with Crippen molar-refractivity contribution >= 4 is 23.2 Å². The van der Waals surface area contributed by atoms with E-state index in [-0.39, 0.29) is 23.7 Å². The number of ketones is 2. The monoisotopic (exact) mass is 381 g/mol. The molecule has 2 N–H and O–H groups in total. The molecule has 2 aromatic carbocycles. The van der Waals surface area contributed by atoms with Crippen molar-refractivity contribution in [2.24, 2.45) is 0 Å². The molecule has 144 valence electrons. The Kier molecular flexibility index (Phi) is 4.89. The van der Waals surface area contributed by atoms with Gasteiger partial charge < -0.3 is 10.4 Å². The third kappa shape index (κ3) is 3.33. The zero-order chi connectivity index (χ0) is 20.6. The van der Waals surface area contributed by atoms with Crippen LogP contribution in [-0.4, -0.2) is 29.1 Å². The normalized spacial score (nSPS) is 15.2. The lowest BCUT2D eigenvalue weighted by atomic mass is 9.70. The van der Waals surface area contributed by atoms with Crippen molar-refractivity contribution in [3.05, 3.63) is 65.0 Å². The second-order valence-corrected chi connectivity index (χ2v) is 7.33. The molecule has 2 aromatic rings. The van der Waals surface area contributed by atoms with Crippen molar-refractivity contribution in [1.29, 1.82) is 0 Å². The van der Waals surface area contributed by atoms with Gasteiger partial charge in [0.1, 0.15) is 22.9 Å². The zero-order valence-electron chi connectivity index (χ0n) is 15.8. The summed E-state index contributed by atoms with van der Waals surface area (Å²) in [5.41, 5.74) is 0.984. The van der Waals surface area contributed by atoms with E-state index in [0.717, 1.165) is 5.56 Å². The first-order valence-corrected chi connectivity index (χ1v) is 8.79. The first kappa shape index (κ1) is 19.5. The number of nitrogens with one attached hydrogen (secondary N) is 1. The topological polar surface area (TPSA) is 83.5 Å². The van der Waals surface area contributed by atoms with Crippen molar-refractivity contribution in [3.63, 3.8) is 0 Å². The summed E-state index contributed by atoms with van der Waals surface area (Å²) in [5.74, 6) is -2.36. The minimum Gasteiger partial charge on any atom is -0.506 e. The number of carbonyl (C=O) groups excluding carboxylic acids is 3. The molecule has 0 aliphatic heterocycles. The highest BCUT2D eigenvalue weighted by Gasteiger charge is 2.43. The standard InChI is InChI=1S/C22H20FNO4/c1-12(25)11-24-21(28)18-19(26)16-10-14(13-4-7-15(23)8-5-13)6-9-17(16)22(2,3)20(18)27/h4-10,26H,11H2,1-3H3,(H,24,28). The fourth-order valence-corrected chi connectivity index (χ4v) is 3.29. The van der Waals surface area contributed by atoms with E-state index < -0.39 is 22.9 Å². The number of aliphatic hydroxyl groups is 1. The maximum Gasteiger partial charge on any atom is 0.259 e. The van der Waals surface area contributed by atoms with Gasteiger partial charge in [-0.25, -0.2) is 4.39 Å². The Bertz CT molecular complexity index is 1020. The van der Waals surface area contributed by atoms with Gasteiger partial charge in [0.2, 0.25) is 0 Å². The summed E-state index contributed by atoms with van der Waals surface area (Å²) in [7, 11) is 0. The molecule has 0 unspecified atom stereocenters. The van der Waals surface area contributed by atoms with Gasteiger partial charge in [0.15, 0.2) is 5.78 Å². The molecule has 0 saturated heterocycles. The first-order valence-electron chi connectivity index (χ1n) is 8.79. The predicted octanol–water partition coefficient (Wildman–Crippen LogP) is 3.33. The van der Waals surface area contributed by atoms with Crippen molar-refractivity contribution in [2.45, 2.75) is 26.2 Å². The van der Waals surface area contributed by atoms with E-state index in [2.05, 4.69) is 5.32 Å². The number of halogens is 1. The molecule has 0 atom stereocenters. The highest BCUT2D eigenvalue weighted by atomic mass is 19.1. The second-order valence-electron chi connectivity index (χ2n) is 7.33. The molecular formula is C22H20FNO4. The molecular weight excluding hydrogens is 361 g/mol. The summed E-state index contributed by atoms with van der Waals surface area (Å²) in [5, 5.41) is 13.1. The summed E-state index contributed by atoms with van der Waals surface area (Å²) in [6.07, 6.45) is 0. The summed E-state index contributed by atoms with van der Waals surface area (Å²) in [4.78, 5) is 36.5. The van der Waals surface area contributed by atoms with E-state index in [1.54, 1.807) is 44.2 Å². The smallest absolute Gasteiger partial charge is 0.259 e. The second kappa shape index (κ2) is 7.03. The van der Waals surface area contributed by atoms with Crippen molar-refractivity contribution < 1.29 is 23.9 Å². The van der Waals surface area contributed by atoms with Crippen LogP contribution in [0, 0.1) is 5.82 Å².